The van der Waals surface area contributed by atoms with Crippen molar-refractivity contribution in [3.05, 3.63) is 170 Å². The third-order valence-corrected chi connectivity index (χ3v) is 17.4. The van der Waals surface area contributed by atoms with Crippen LogP contribution in [0.15, 0.2) is 109 Å². The van der Waals surface area contributed by atoms with Gasteiger partial charge in [-0.2, -0.15) is 0 Å². The number of carboxylic acids is 2. The molecule has 0 aliphatic carbocycles. The molecule has 6 aromatic rings. The molecule has 0 aromatic heterocycles. The molecule has 4 aliphatic rings. The zero-order chi connectivity index (χ0) is 60.3. The summed E-state index contributed by atoms with van der Waals surface area (Å²) in [6.45, 7) is 13.7. The number of fused-ring (bicyclic) bond motifs is 2. The topological polar surface area (TPSA) is 185 Å². The van der Waals surface area contributed by atoms with Gasteiger partial charge < -0.3 is 44.5 Å². The summed E-state index contributed by atoms with van der Waals surface area (Å²) in [6.07, 6.45) is 9.44. The van der Waals surface area contributed by atoms with Gasteiger partial charge in [0.25, 0.3) is 0 Å². The average molecular weight is 1180 g/mol. The zero-order valence-corrected chi connectivity index (χ0v) is 50.8. The number of carbonyl (C=O) groups excluding carboxylic acids is 2. The van der Waals surface area contributed by atoms with Crippen molar-refractivity contribution in [3.8, 4) is 28.7 Å². The summed E-state index contributed by atoms with van der Waals surface area (Å²) < 4.78 is 27.9. The minimum Gasteiger partial charge on any atom is -0.493 e. The Kier molecular flexibility index (Phi) is 20.8. The van der Waals surface area contributed by atoms with Crippen molar-refractivity contribution in [1.82, 2.24) is 9.80 Å². The van der Waals surface area contributed by atoms with Gasteiger partial charge in [0.2, 0.25) is 31.1 Å². The summed E-state index contributed by atoms with van der Waals surface area (Å²) in [4.78, 5) is 57.3. The van der Waals surface area contributed by atoms with Crippen LogP contribution in [-0.2, 0) is 57.7 Å². The molecule has 4 N–H and O–H groups in total. The highest BCUT2D eigenvalue weighted by atomic mass is 35.5. The first kappa shape index (κ1) is 62.0. The minimum atomic E-state index is -0.908. The second-order valence-electron chi connectivity index (χ2n) is 22.5. The van der Waals surface area contributed by atoms with E-state index in [4.69, 9.17) is 35.3 Å². The molecule has 15 nitrogen and oxygen atoms in total. The number of carbonyl (C=O) groups is 4. The number of nitrogens with one attached hydrogen (secondary N) is 2. The fourth-order valence-electron chi connectivity index (χ4n) is 12.9. The van der Waals surface area contributed by atoms with E-state index in [1.54, 1.807) is 7.11 Å². The predicted molar refractivity (Wildman–Crippen MR) is 331 cm³/mol. The second kappa shape index (κ2) is 28.5. The summed E-state index contributed by atoms with van der Waals surface area (Å²) in [5.74, 6) is -1.61. The first-order chi connectivity index (χ1) is 41.2. The van der Waals surface area contributed by atoms with E-state index in [2.05, 4.69) is 62.6 Å². The van der Waals surface area contributed by atoms with E-state index in [0.29, 0.717) is 46.9 Å². The van der Waals surface area contributed by atoms with Crippen LogP contribution >= 0.6 is 11.6 Å². The molecule has 4 aliphatic heterocycles. The van der Waals surface area contributed by atoms with Crippen molar-refractivity contribution in [2.75, 3.05) is 57.5 Å². The number of aliphatic carboxylic acids is 2. The maximum absolute atomic E-state index is 13.7. The number of aryl methyl sites for hydroxylation is 6. The first-order valence-corrected chi connectivity index (χ1v) is 30.6. The Hall–Kier alpha value is -7.59. The quantitative estimate of drug-likeness (QED) is 0.0475. The number of benzene rings is 6. The van der Waals surface area contributed by atoms with E-state index in [9.17, 15) is 29.4 Å². The van der Waals surface area contributed by atoms with Crippen LogP contribution < -0.4 is 34.3 Å². The molecular formula is C69H81ClN4O11. The zero-order valence-electron chi connectivity index (χ0n) is 50.0. The smallest absolute Gasteiger partial charge is 0.309 e. The first-order valence-electron chi connectivity index (χ1n) is 30.2. The molecule has 2 amide bonds. The Morgan fingerprint density at radius 1 is 0.541 bits per heavy atom. The number of amides is 2. The van der Waals surface area contributed by atoms with Crippen LogP contribution in [0, 0.1) is 11.8 Å². The second-order valence-corrected chi connectivity index (χ2v) is 22.9. The molecule has 0 saturated carbocycles. The highest BCUT2D eigenvalue weighted by Crippen LogP contribution is 2.51. The van der Waals surface area contributed by atoms with E-state index >= 15 is 0 Å². The van der Waals surface area contributed by atoms with Gasteiger partial charge in [-0.15, -0.1) is 0 Å². The maximum atomic E-state index is 13.7. The highest BCUT2D eigenvalue weighted by Gasteiger charge is 2.50. The van der Waals surface area contributed by atoms with E-state index < -0.39 is 41.8 Å². The number of unbranched alkanes of at least 4 members (excludes halogenated alkanes) is 2. The number of hydrogen-bond donors (Lipinski definition) is 4. The molecule has 0 bridgehead atoms. The molecule has 0 radical (unpaired) electrons. The van der Waals surface area contributed by atoms with Crippen LogP contribution in [-0.4, -0.2) is 90.6 Å². The van der Waals surface area contributed by atoms with Crippen molar-refractivity contribution in [1.29, 1.82) is 0 Å². The molecule has 6 atom stereocenters. The summed E-state index contributed by atoms with van der Waals surface area (Å²) in [6, 6.07) is 34.7. The fourth-order valence-corrected chi connectivity index (χ4v) is 13.1. The Bertz CT molecular complexity index is 3290. The van der Waals surface area contributed by atoms with Gasteiger partial charge in [-0.25, -0.2) is 0 Å². The number of nitrogens with zero attached hydrogens (tertiary/aromatic N) is 2. The number of ether oxygens (including phenoxy) is 5. The SMILES string of the molecule is CCCCc1ccc([C@H]2C(C(=O)O)[C@@H](c3cc(OC)c4c(c3)OCO4)CN2CC(=O)Nc2c(CC)cccc2CC)cc1.CCCCc1ccc([C@H]2C(C(=O)O)[C@@H](c3ccc4c(c3)OCO4)CN2CC(=O)Nc2c(CC)cc(Cl)cc2CC)cc1. The maximum Gasteiger partial charge on any atom is 0.309 e. The van der Waals surface area contributed by atoms with Crippen molar-refractivity contribution in [3.63, 3.8) is 0 Å². The number of halogens is 1. The monoisotopic (exact) mass is 1180 g/mol. The molecule has 2 saturated heterocycles. The molecule has 6 aromatic carbocycles. The standard InChI is InChI=1S/C35H42N2O6.C34H39ClN2O5/c1-5-8-10-22-13-15-25(16-14-22)33-31(35(39)40)27(26-17-28(41-4)34-29(18-26)42-21-43-34)19-37(33)20-30(38)36-32-23(6-2)11-9-12-24(32)7-3;1-4-7-8-21-9-11-24(12-10-21)33-31(34(39)40)27(25-13-14-28-29(17-25)42-20-41-28)18-37(33)19-30(38)36-32-22(5-2)15-26(35)16-23(32)6-3/h9,11-18,27,31,33H,5-8,10,19-21H2,1-4H3,(H,36,38)(H,39,40);9-17,27,31,33H,4-8,18-20H2,1-3H3,(H,36,38)(H,39,40)/t2*27-,31?,33+/m11/s1. The van der Waals surface area contributed by atoms with Gasteiger partial charge in [0.1, 0.15) is 0 Å². The lowest BCUT2D eigenvalue weighted by molar-refractivity contribution is -0.144. The predicted octanol–water partition coefficient (Wildman–Crippen LogP) is 13.4. The van der Waals surface area contributed by atoms with Crippen LogP contribution in [0.4, 0.5) is 11.4 Å². The van der Waals surface area contributed by atoms with Gasteiger partial charge in [0.15, 0.2) is 23.0 Å². The number of anilines is 2. The lowest BCUT2D eigenvalue weighted by Crippen LogP contribution is -2.35. The van der Waals surface area contributed by atoms with Gasteiger partial charge in [0, 0.05) is 53.4 Å². The van der Waals surface area contributed by atoms with Crippen molar-refractivity contribution in [2.45, 2.75) is 130 Å². The normalized spacial score (nSPS) is 19.5. The number of carboxylic acid groups (broad SMARTS) is 2. The number of rotatable bonds is 23. The van der Waals surface area contributed by atoms with Crippen molar-refractivity contribution in [2.24, 2.45) is 11.8 Å². The Morgan fingerprint density at radius 2 is 0.988 bits per heavy atom. The van der Waals surface area contributed by atoms with Crippen molar-refractivity contribution >= 4 is 46.7 Å². The average Bonchev–Trinajstić information content (AvgIpc) is 2.32. The number of likely N-dealkylation sites (tertiary alicyclic amines) is 2. The molecule has 4 heterocycles. The largest absolute Gasteiger partial charge is 0.493 e. The lowest BCUT2D eigenvalue weighted by Gasteiger charge is -2.27. The minimum absolute atomic E-state index is 0.0576. The molecule has 0 spiro atoms. The van der Waals surface area contributed by atoms with Gasteiger partial charge in [-0.05, 0) is 143 Å². The Balaban J connectivity index is 0.000000204. The molecule has 10 rings (SSSR count). The van der Waals surface area contributed by atoms with E-state index in [1.165, 1.54) is 11.1 Å². The summed E-state index contributed by atoms with van der Waals surface area (Å²) >= 11 is 6.34. The summed E-state index contributed by atoms with van der Waals surface area (Å²) in [5.41, 5.74) is 11.7. The molecule has 2 fully saturated rings. The third kappa shape index (κ3) is 14.1. The molecular weight excluding hydrogens is 1100 g/mol. The number of methoxy groups -OCH3 is 1. The summed E-state index contributed by atoms with van der Waals surface area (Å²) in [7, 11) is 1.56. The number of hydrogen-bond acceptors (Lipinski definition) is 11. The summed E-state index contributed by atoms with van der Waals surface area (Å²) in [5, 5.41) is 28.3. The molecule has 85 heavy (non-hydrogen) atoms. The van der Waals surface area contributed by atoms with Crippen LogP contribution in [0.25, 0.3) is 0 Å². The van der Waals surface area contributed by atoms with Crippen LogP contribution in [0.2, 0.25) is 5.02 Å². The van der Waals surface area contributed by atoms with E-state index in [-0.39, 0.29) is 44.4 Å². The third-order valence-electron chi connectivity index (χ3n) is 17.2. The highest BCUT2D eigenvalue weighted by molar-refractivity contribution is 6.30. The fraction of sp³-hybridized carbons (Fsp3) is 0.420. The van der Waals surface area contributed by atoms with Crippen LogP contribution in [0.3, 0.4) is 0 Å². The molecule has 16 heteroatoms. The van der Waals surface area contributed by atoms with Gasteiger partial charge >= 0.3 is 11.9 Å². The Morgan fingerprint density at radius 3 is 1.47 bits per heavy atom. The van der Waals surface area contributed by atoms with Gasteiger partial charge in [0.05, 0.1) is 32.0 Å². The molecule has 2 unspecified atom stereocenters. The van der Waals surface area contributed by atoms with Gasteiger partial charge in [-0.3, -0.25) is 29.0 Å². The van der Waals surface area contributed by atoms with Gasteiger partial charge in [-0.1, -0.05) is 139 Å². The van der Waals surface area contributed by atoms with Crippen LogP contribution in [0.1, 0.15) is 147 Å². The number of para-hydroxylation sites is 1. The van der Waals surface area contributed by atoms with E-state index in [0.717, 1.165) is 120 Å². The van der Waals surface area contributed by atoms with E-state index in [1.807, 2.05) is 109 Å². The Labute approximate surface area is 504 Å². The lowest BCUT2D eigenvalue weighted by atomic mass is 9.82. The molecule has 450 valence electrons. The van der Waals surface area contributed by atoms with Crippen molar-refractivity contribution < 1.29 is 53.1 Å². The van der Waals surface area contributed by atoms with Crippen LogP contribution in [0.5, 0.6) is 28.7 Å².